The summed E-state index contributed by atoms with van der Waals surface area (Å²) in [5, 5.41) is 12.2. The largest absolute Gasteiger partial charge is 0.367 e. The summed E-state index contributed by atoms with van der Waals surface area (Å²) < 4.78 is 45.6. The van der Waals surface area contributed by atoms with Crippen LogP contribution in [0, 0.1) is 12.7 Å². The van der Waals surface area contributed by atoms with Gasteiger partial charge in [-0.15, -0.1) is 0 Å². The lowest BCUT2D eigenvalue weighted by atomic mass is 10.2. The molecule has 7 nitrogen and oxygen atoms in total. The van der Waals surface area contributed by atoms with E-state index >= 15 is 0 Å². The van der Waals surface area contributed by atoms with Gasteiger partial charge in [-0.2, -0.15) is 0 Å². The second-order valence-corrected chi connectivity index (χ2v) is 7.94. The monoisotopic (exact) mass is 394 g/mol. The van der Waals surface area contributed by atoms with Crippen molar-refractivity contribution in [3.05, 3.63) is 59.4 Å². The number of halogens is 1. The minimum atomic E-state index is -3.94. The molecule has 0 bridgehead atoms. The molecule has 0 radical (unpaired) electrons. The number of aliphatic hydroxyl groups excluding tert-OH is 1. The van der Waals surface area contributed by atoms with Crippen molar-refractivity contribution in [1.82, 2.24) is 4.72 Å². The van der Waals surface area contributed by atoms with E-state index in [0.29, 0.717) is 17.7 Å². The molecule has 9 heteroatoms. The van der Waals surface area contributed by atoms with Gasteiger partial charge in [-0.05, 0) is 55.3 Å². The number of benzene rings is 2. The molecule has 1 fully saturated rings. The number of nitrogens with one attached hydrogen (secondary N) is 2. The lowest BCUT2D eigenvalue weighted by Gasteiger charge is -2.15. The quantitative estimate of drug-likeness (QED) is 0.717. The third-order valence-corrected chi connectivity index (χ3v) is 5.68. The van der Waals surface area contributed by atoms with E-state index in [1.54, 1.807) is 6.92 Å². The molecule has 1 amide bonds. The summed E-state index contributed by atoms with van der Waals surface area (Å²) in [5.41, 5.74) is 0.908. The third kappa shape index (κ3) is 4.51. The molecule has 144 valence electrons. The molecule has 1 saturated heterocycles. The normalized spacial score (nSPS) is 19.8. The lowest BCUT2D eigenvalue weighted by molar-refractivity contribution is -0.0686. The Balaban J connectivity index is 1.77. The number of anilines is 1. The maximum Gasteiger partial charge on any atom is 0.255 e. The summed E-state index contributed by atoms with van der Waals surface area (Å²) in [4.78, 5) is 12.3. The Morgan fingerprint density at radius 2 is 2.04 bits per heavy atom. The van der Waals surface area contributed by atoms with E-state index in [2.05, 4.69) is 10.0 Å². The number of hydrogen-bond acceptors (Lipinski definition) is 5. The lowest BCUT2D eigenvalue weighted by Crippen LogP contribution is -2.40. The Kier molecular flexibility index (Phi) is 5.56. The van der Waals surface area contributed by atoms with Gasteiger partial charge in [-0.1, -0.05) is 6.07 Å². The number of amides is 1. The number of ether oxygens (including phenoxy) is 1. The van der Waals surface area contributed by atoms with Crippen molar-refractivity contribution in [3.63, 3.8) is 0 Å². The first kappa shape index (κ1) is 19.4. The Labute approximate surface area is 156 Å². The highest BCUT2D eigenvalue weighted by atomic mass is 32.2. The molecule has 27 heavy (non-hydrogen) atoms. The van der Waals surface area contributed by atoms with Gasteiger partial charge >= 0.3 is 0 Å². The summed E-state index contributed by atoms with van der Waals surface area (Å²) in [5.74, 6) is -0.910. The zero-order chi connectivity index (χ0) is 19.6. The number of aliphatic hydroxyl groups is 1. The van der Waals surface area contributed by atoms with E-state index in [0.717, 1.165) is 0 Å². The summed E-state index contributed by atoms with van der Waals surface area (Å²) in [7, 11) is -3.94. The zero-order valence-electron chi connectivity index (χ0n) is 14.5. The van der Waals surface area contributed by atoms with Crippen LogP contribution in [0.4, 0.5) is 10.1 Å². The molecule has 1 aliphatic heterocycles. The average Bonchev–Trinajstić information content (AvgIpc) is 3.02. The van der Waals surface area contributed by atoms with E-state index in [4.69, 9.17) is 4.74 Å². The molecular formula is C18H19FN2O5S. The predicted molar refractivity (Wildman–Crippen MR) is 96.2 cm³/mol. The van der Waals surface area contributed by atoms with Crippen LogP contribution in [0.2, 0.25) is 0 Å². The molecule has 0 aromatic heterocycles. The topological polar surface area (TPSA) is 105 Å². The van der Waals surface area contributed by atoms with Gasteiger partial charge in [0, 0.05) is 11.3 Å². The Bertz CT molecular complexity index is 964. The van der Waals surface area contributed by atoms with Crippen LogP contribution < -0.4 is 10.0 Å². The van der Waals surface area contributed by atoms with Gasteiger partial charge in [0.2, 0.25) is 10.0 Å². The van der Waals surface area contributed by atoms with Gasteiger partial charge in [0.1, 0.15) is 5.82 Å². The Morgan fingerprint density at radius 3 is 2.70 bits per heavy atom. The Morgan fingerprint density at radius 1 is 1.26 bits per heavy atom. The van der Waals surface area contributed by atoms with E-state index in [1.165, 1.54) is 42.5 Å². The van der Waals surface area contributed by atoms with Crippen molar-refractivity contribution >= 4 is 21.6 Å². The number of sulfonamides is 1. The molecular weight excluding hydrogens is 375 g/mol. The summed E-state index contributed by atoms with van der Waals surface area (Å²) >= 11 is 0. The molecule has 2 aromatic rings. The van der Waals surface area contributed by atoms with Crippen LogP contribution in [0.5, 0.6) is 0 Å². The number of carbonyl (C=O) groups is 1. The van der Waals surface area contributed by atoms with Crippen LogP contribution in [0.3, 0.4) is 0 Å². The molecule has 2 aromatic carbocycles. The zero-order valence-corrected chi connectivity index (χ0v) is 15.3. The van der Waals surface area contributed by atoms with E-state index in [9.17, 15) is 22.7 Å². The van der Waals surface area contributed by atoms with Crippen molar-refractivity contribution in [1.29, 1.82) is 0 Å². The molecule has 1 aliphatic rings. The molecule has 3 N–H and O–H groups in total. The molecule has 0 spiro atoms. The van der Waals surface area contributed by atoms with E-state index in [1.807, 2.05) is 0 Å². The van der Waals surface area contributed by atoms with Crippen LogP contribution in [-0.2, 0) is 14.8 Å². The molecule has 2 atom stereocenters. The first-order valence-electron chi connectivity index (χ1n) is 8.26. The number of carbonyl (C=O) groups excluding carboxylic acids is 1. The van der Waals surface area contributed by atoms with Crippen LogP contribution in [0.25, 0.3) is 0 Å². The molecule has 0 aliphatic carbocycles. The van der Waals surface area contributed by atoms with Gasteiger partial charge in [-0.25, -0.2) is 17.5 Å². The highest BCUT2D eigenvalue weighted by Crippen LogP contribution is 2.19. The fourth-order valence-corrected chi connectivity index (χ4v) is 4.00. The minimum Gasteiger partial charge on any atom is -0.367 e. The number of aryl methyl sites for hydroxylation is 1. The summed E-state index contributed by atoms with van der Waals surface area (Å²) in [6.07, 6.45) is -0.849. The summed E-state index contributed by atoms with van der Waals surface area (Å²) in [6, 6.07) is 8.90. The summed E-state index contributed by atoms with van der Waals surface area (Å²) in [6.45, 7) is 1.83. The van der Waals surface area contributed by atoms with Gasteiger partial charge in [0.05, 0.1) is 17.5 Å². The molecule has 0 saturated carbocycles. The van der Waals surface area contributed by atoms with Gasteiger partial charge in [-0.3, -0.25) is 4.79 Å². The van der Waals surface area contributed by atoms with Crippen LogP contribution in [0.15, 0.2) is 47.4 Å². The van der Waals surface area contributed by atoms with Crippen molar-refractivity contribution < 1.29 is 27.4 Å². The maximum absolute atomic E-state index is 13.3. The fourth-order valence-electron chi connectivity index (χ4n) is 2.69. The SMILES string of the molecule is Cc1cc(NC(=O)c2cccc(S(=O)(=O)N[C@@H]3CCO[C@@H]3O)c2)ccc1F. The van der Waals surface area contributed by atoms with Gasteiger partial charge in [0.15, 0.2) is 6.29 Å². The first-order chi connectivity index (χ1) is 12.8. The van der Waals surface area contributed by atoms with Crippen molar-refractivity contribution in [2.75, 3.05) is 11.9 Å². The standard InChI is InChI=1S/C18H19FN2O5S/c1-11-9-13(5-6-15(11)19)20-17(22)12-3-2-4-14(10-12)27(24,25)21-16-7-8-26-18(16)23/h2-6,9-10,16,18,21,23H,7-8H2,1H3,(H,20,22)/t16-,18+/m1/s1. The molecule has 0 unspecified atom stereocenters. The molecule has 1 heterocycles. The smallest absolute Gasteiger partial charge is 0.255 e. The fraction of sp³-hybridized carbons (Fsp3) is 0.278. The van der Waals surface area contributed by atoms with Crippen molar-refractivity contribution in [2.24, 2.45) is 0 Å². The van der Waals surface area contributed by atoms with Crippen LogP contribution >= 0.6 is 0 Å². The Hall–Kier alpha value is -2.33. The van der Waals surface area contributed by atoms with E-state index < -0.39 is 28.3 Å². The average molecular weight is 394 g/mol. The number of rotatable bonds is 5. The minimum absolute atomic E-state index is 0.107. The first-order valence-corrected chi connectivity index (χ1v) is 9.74. The second kappa shape index (κ2) is 7.73. The second-order valence-electron chi connectivity index (χ2n) is 6.22. The highest BCUT2D eigenvalue weighted by Gasteiger charge is 2.31. The van der Waals surface area contributed by atoms with Crippen LogP contribution in [-0.4, -0.2) is 38.4 Å². The molecule has 3 rings (SSSR count). The third-order valence-electron chi connectivity index (χ3n) is 4.19. The highest BCUT2D eigenvalue weighted by molar-refractivity contribution is 7.89. The van der Waals surface area contributed by atoms with Crippen molar-refractivity contribution in [3.8, 4) is 0 Å². The predicted octanol–water partition coefficient (Wildman–Crippen LogP) is 1.77. The van der Waals surface area contributed by atoms with E-state index in [-0.39, 0.29) is 22.9 Å². The van der Waals surface area contributed by atoms with Crippen molar-refractivity contribution in [2.45, 2.75) is 30.6 Å². The number of hydrogen-bond donors (Lipinski definition) is 3. The van der Waals surface area contributed by atoms with Crippen LogP contribution in [0.1, 0.15) is 22.3 Å². The van der Waals surface area contributed by atoms with Gasteiger partial charge in [0.25, 0.3) is 5.91 Å². The van der Waals surface area contributed by atoms with Gasteiger partial charge < -0.3 is 15.2 Å². The maximum atomic E-state index is 13.3.